The molecular weight excluding hydrogens is 272 g/mol. The predicted octanol–water partition coefficient (Wildman–Crippen LogP) is 1.61. The maximum atomic E-state index is 9.90. The van der Waals surface area contributed by atoms with Crippen molar-refractivity contribution < 1.29 is 5.11 Å². The Kier molecular flexibility index (Phi) is 3.17. The molecular formula is C14H20N4OS. The minimum absolute atomic E-state index is 0.215. The fraction of sp³-hybridized carbons (Fsp3) is 0.643. The van der Waals surface area contributed by atoms with Gasteiger partial charge in [-0.15, -0.1) is 11.3 Å². The molecule has 20 heavy (non-hydrogen) atoms. The normalized spacial score (nSPS) is 23.6. The zero-order valence-electron chi connectivity index (χ0n) is 11.5. The molecule has 0 aromatic carbocycles. The monoisotopic (exact) mass is 292 g/mol. The number of aliphatic hydroxyl groups is 1. The Balaban J connectivity index is 1.65. The summed E-state index contributed by atoms with van der Waals surface area (Å²) < 4.78 is 2.19. The second-order valence-electron chi connectivity index (χ2n) is 5.83. The van der Waals surface area contributed by atoms with Crippen LogP contribution >= 0.6 is 11.3 Å². The van der Waals surface area contributed by atoms with Crippen molar-refractivity contribution in [2.45, 2.75) is 44.4 Å². The summed E-state index contributed by atoms with van der Waals surface area (Å²) in [7, 11) is 0. The van der Waals surface area contributed by atoms with Crippen molar-refractivity contribution >= 4 is 22.1 Å². The molecule has 1 aliphatic carbocycles. The first-order chi connectivity index (χ1) is 9.81. The van der Waals surface area contributed by atoms with Gasteiger partial charge in [-0.3, -0.25) is 4.40 Å². The van der Waals surface area contributed by atoms with E-state index in [2.05, 4.69) is 26.2 Å². The van der Waals surface area contributed by atoms with Crippen molar-refractivity contribution in [2.75, 3.05) is 18.0 Å². The van der Waals surface area contributed by atoms with E-state index in [4.69, 9.17) is 4.98 Å². The number of thiazole rings is 1. The Morgan fingerprint density at radius 1 is 1.40 bits per heavy atom. The first-order valence-corrected chi connectivity index (χ1v) is 8.30. The molecule has 6 heteroatoms. The van der Waals surface area contributed by atoms with E-state index in [1.54, 1.807) is 11.3 Å². The molecule has 2 aromatic heterocycles. The van der Waals surface area contributed by atoms with Crippen molar-refractivity contribution in [1.29, 1.82) is 0 Å². The van der Waals surface area contributed by atoms with Gasteiger partial charge in [-0.25, -0.2) is 4.98 Å². The van der Waals surface area contributed by atoms with Crippen molar-refractivity contribution in [2.24, 2.45) is 0 Å². The molecule has 1 unspecified atom stereocenters. The second-order valence-corrected chi connectivity index (χ2v) is 6.71. The minimum atomic E-state index is -0.215. The molecule has 1 saturated heterocycles. The van der Waals surface area contributed by atoms with Gasteiger partial charge in [0.25, 0.3) is 0 Å². The highest BCUT2D eigenvalue weighted by Gasteiger charge is 2.26. The fourth-order valence-electron chi connectivity index (χ4n) is 2.91. The van der Waals surface area contributed by atoms with Crippen LogP contribution < -0.4 is 10.2 Å². The van der Waals surface area contributed by atoms with Crippen molar-refractivity contribution in [3.8, 4) is 0 Å². The lowest BCUT2D eigenvalue weighted by atomic mass is 10.1. The number of fused-ring (bicyclic) bond motifs is 1. The van der Waals surface area contributed by atoms with Crippen molar-refractivity contribution in [3.63, 3.8) is 0 Å². The number of nitrogens with zero attached hydrogens (tertiary/aromatic N) is 3. The van der Waals surface area contributed by atoms with Gasteiger partial charge in [0.05, 0.1) is 11.8 Å². The Labute approximate surface area is 122 Å². The summed E-state index contributed by atoms with van der Waals surface area (Å²) in [5.74, 6) is 1.06. The van der Waals surface area contributed by atoms with Gasteiger partial charge in [0, 0.05) is 37.3 Å². The highest BCUT2D eigenvalue weighted by molar-refractivity contribution is 7.15. The molecule has 1 aliphatic heterocycles. The lowest BCUT2D eigenvalue weighted by Gasteiger charge is -2.31. The summed E-state index contributed by atoms with van der Waals surface area (Å²) in [6.45, 7) is 2.57. The van der Waals surface area contributed by atoms with E-state index in [0.29, 0.717) is 12.6 Å². The molecule has 0 amide bonds. The van der Waals surface area contributed by atoms with Gasteiger partial charge in [0.2, 0.25) is 0 Å². The van der Waals surface area contributed by atoms with E-state index in [9.17, 15) is 5.11 Å². The van der Waals surface area contributed by atoms with E-state index >= 15 is 0 Å². The van der Waals surface area contributed by atoms with E-state index < -0.39 is 0 Å². The van der Waals surface area contributed by atoms with Crippen LogP contribution in [0.1, 0.15) is 31.4 Å². The molecule has 2 aliphatic rings. The van der Waals surface area contributed by atoms with Gasteiger partial charge in [-0.1, -0.05) is 0 Å². The number of imidazole rings is 1. The SMILES string of the molecule is OC1CCCN(c2nc3sccn3c2CNC2CC2)C1. The molecule has 1 saturated carbocycles. The summed E-state index contributed by atoms with van der Waals surface area (Å²) >= 11 is 1.67. The third-order valence-electron chi connectivity index (χ3n) is 4.17. The summed E-state index contributed by atoms with van der Waals surface area (Å²) in [6, 6.07) is 0.694. The van der Waals surface area contributed by atoms with Gasteiger partial charge < -0.3 is 15.3 Å². The molecule has 2 fully saturated rings. The van der Waals surface area contributed by atoms with Crippen molar-refractivity contribution in [1.82, 2.24) is 14.7 Å². The van der Waals surface area contributed by atoms with Crippen molar-refractivity contribution in [3.05, 3.63) is 17.3 Å². The molecule has 5 nitrogen and oxygen atoms in total. The van der Waals surface area contributed by atoms with Crippen LogP contribution in [0, 0.1) is 0 Å². The topological polar surface area (TPSA) is 52.8 Å². The standard InChI is InChI=1S/C14H20N4OS/c19-11-2-1-5-17(9-11)13-12(8-15-10-3-4-10)18-6-7-20-14(18)16-13/h6-7,10-11,15,19H,1-5,8-9H2. The van der Waals surface area contributed by atoms with Crippen LogP contribution in [-0.2, 0) is 6.54 Å². The Hall–Kier alpha value is -1.11. The number of nitrogens with one attached hydrogen (secondary N) is 1. The lowest BCUT2D eigenvalue weighted by Crippen LogP contribution is -2.39. The first-order valence-electron chi connectivity index (χ1n) is 7.42. The van der Waals surface area contributed by atoms with Crippen LogP contribution in [0.5, 0.6) is 0 Å². The third-order valence-corrected chi connectivity index (χ3v) is 4.93. The average Bonchev–Trinajstić information content (AvgIpc) is 3.04. The molecule has 2 aromatic rings. The van der Waals surface area contributed by atoms with E-state index in [1.165, 1.54) is 18.5 Å². The second kappa shape index (κ2) is 5.02. The summed E-state index contributed by atoms with van der Waals surface area (Å²) in [4.78, 5) is 8.08. The van der Waals surface area contributed by atoms with Crippen LogP contribution in [0.3, 0.4) is 0 Å². The maximum absolute atomic E-state index is 9.90. The maximum Gasteiger partial charge on any atom is 0.195 e. The van der Waals surface area contributed by atoms with Crippen LogP contribution in [0.15, 0.2) is 11.6 Å². The first kappa shape index (κ1) is 12.6. The number of β-amino-alcohol motifs (C(OH)–C–C–N with tert-alkyl or cyclic N) is 1. The number of rotatable bonds is 4. The minimum Gasteiger partial charge on any atom is -0.391 e. The zero-order valence-corrected chi connectivity index (χ0v) is 12.3. The fourth-order valence-corrected chi connectivity index (χ4v) is 3.64. The number of aliphatic hydroxyl groups excluding tert-OH is 1. The summed E-state index contributed by atoms with van der Waals surface area (Å²) in [5, 5.41) is 15.6. The number of anilines is 1. The van der Waals surface area contributed by atoms with Gasteiger partial charge >= 0.3 is 0 Å². The van der Waals surface area contributed by atoms with E-state index in [1.807, 2.05) is 0 Å². The number of aromatic nitrogens is 2. The van der Waals surface area contributed by atoms with Crippen LogP contribution in [0.2, 0.25) is 0 Å². The highest BCUT2D eigenvalue weighted by atomic mass is 32.1. The van der Waals surface area contributed by atoms with Gasteiger partial charge in [-0.2, -0.15) is 0 Å². The van der Waals surface area contributed by atoms with Crippen LogP contribution in [0.25, 0.3) is 4.96 Å². The Morgan fingerprint density at radius 2 is 2.30 bits per heavy atom. The molecule has 0 bridgehead atoms. The predicted molar refractivity (Wildman–Crippen MR) is 80.4 cm³/mol. The summed E-state index contributed by atoms with van der Waals surface area (Å²) in [6.07, 6.45) is 6.43. The van der Waals surface area contributed by atoms with Gasteiger partial charge in [-0.05, 0) is 25.7 Å². The molecule has 3 heterocycles. The third kappa shape index (κ3) is 2.32. The average molecular weight is 292 g/mol. The van der Waals surface area contributed by atoms with E-state index in [-0.39, 0.29) is 6.10 Å². The van der Waals surface area contributed by atoms with Crippen LogP contribution in [-0.4, -0.2) is 39.7 Å². The zero-order chi connectivity index (χ0) is 13.5. The van der Waals surface area contributed by atoms with Gasteiger partial charge in [0.1, 0.15) is 0 Å². The Bertz CT molecular complexity index is 603. The van der Waals surface area contributed by atoms with Gasteiger partial charge in [0.15, 0.2) is 10.8 Å². The quantitative estimate of drug-likeness (QED) is 0.899. The highest BCUT2D eigenvalue weighted by Crippen LogP contribution is 2.28. The number of hydrogen-bond donors (Lipinski definition) is 2. The molecule has 0 radical (unpaired) electrons. The van der Waals surface area contributed by atoms with E-state index in [0.717, 1.165) is 36.7 Å². The number of piperidine rings is 1. The lowest BCUT2D eigenvalue weighted by molar-refractivity contribution is 0.154. The molecule has 4 rings (SSSR count). The Morgan fingerprint density at radius 3 is 3.10 bits per heavy atom. The van der Waals surface area contributed by atoms with Crippen LogP contribution in [0.4, 0.5) is 5.82 Å². The smallest absolute Gasteiger partial charge is 0.195 e. The number of hydrogen-bond acceptors (Lipinski definition) is 5. The molecule has 1 atom stereocenters. The summed E-state index contributed by atoms with van der Waals surface area (Å²) in [5.41, 5.74) is 1.24. The molecule has 2 N–H and O–H groups in total. The molecule has 108 valence electrons. The largest absolute Gasteiger partial charge is 0.391 e. The molecule has 0 spiro atoms.